The van der Waals surface area contributed by atoms with Crippen LogP contribution in [0.1, 0.15) is 29.7 Å². The molecule has 3 aromatic rings. The van der Waals surface area contributed by atoms with E-state index in [0.29, 0.717) is 19.5 Å². The predicted octanol–water partition coefficient (Wildman–Crippen LogP) is 3.99. The third-order valence-electron chi connectivity index (χ3n) is 4.73. The second-order valence-corrected chi connectivity index (χ2v) is 7.42. The standard InChI is InChI=1S/C20H21BrN4O/c1-15-6-8-16(9-7-15)25-20(23-11-2-3-12-23)17-13-24(14-18(17)22-25)19(26)5-4-10-21/h2-3,6-9,11-12H,4-5,10,13-14H2,1H3. The zero-order chi connectivity index (χ0) is 18.1. The van der Waals surface area contributed by atoms with Crippen LogP contribution in [-0.2, 0) is 17.9 Å². The van der Waals surface area contributed by atoms with E-state index in [9.17, 15) is 4.79 Å². The number of rotatable bonds is 5. The monoisotopic (exact) mass is 412 g/mol. The summed E-state index contributed by atoms with van der Waals surface area (Å²) in [5, 5.41) is 5.71. The van der Waals surface area contributed by atoms with Gasteiger partial charge in [0.2, 0.25) is 5.91 Å². The van der Waals surface area contributed by atoms with Crippen molar-refractivity contribution in [2.24, 2.45) is 0 Å². The molecule has 0 saturated heterocycles. The zero-order valence-electron chi connectivity index (χ0n) is 14.7. The Kier molecular flexibility index (Phi) is 4.68. The fraction of sp³-hybridized carbons (Fsp3) is 0.300. The van der Waals surface area contributed by atoms with Crippen molar-refractivity contribution in [1.82, 2.24) is 19.2 Å². The van der Waals surface area contributed by atoms with Gasteiger partial charge in [0.25, 0.3) is 0 Å². The maximum absolute atomic E-state index is 12.4. The molecule has 134 valence electrons. The van der Waals surface area contributed by atoms with Gasteiger partial charge in [0.05, 0.1) is 24.5 Å². The summed E-state index contributed by atoms with van der Waals surface area (Å²) in [7, 11) is 0. The molecule has 0 spiro atoms. The lowest BCUT2D eigenvalue weighted by molar-refractivity contribution is -0.131. The van der Waals surface area contributed by atoms with Crippen LogP contribution in [0.25, 0.3) is 11.5 Å². The van der Waals surface area contributed by atoms with Crippen molar-refractivity contribution in [3.63, 3.8) is 0 Å². The number of alkyl halides is 1. The van der Waals surface area contributed by atoms with Gasteiger partial charge >= 0.3 is 0 Å². The quantitative estimate of drug-likeness (QED) is 0.594. The first kappa shape index (κ1) is 17.1. The Balaban J connectivity index is 1.72. The second-order valence-electron chi connectivity index (χ2n) is 6.63. The van der Waals surface area contributed by atoms with Crippen LogP contribution in [0.5, 0.6) is 0 Å². The number of aryl methyl sites for hydroxylation is 1. The van der Waals surface area contributed by atoms with Crippen molar-refractivity contribution in [1.29, 1.82) is 0 Å². The molecule has 0 radical (unpaired) electrons. The third kappa shape index (κ3) is 3.09. The highest BCUT2D eigenvalue weighted by Gasteiger charge is 2.30. The van der Waals surface area contributed by atoms with Crippen molar-refractivity contribution < 1.29 is 4.79 Å². The summed E-state index contributed by atoms with van der Waals surface area (Å²) in [5.41, 5.74) is 4.38. The molecule has 2 aromatic heterocycles. The Hall–Kier alpha value is -2.34. The molecular formula is C20H21BrN4O. The number of amides is 1. The zero-order valence-corrected chi connectivity index (χ0v) is 16.3. The van der Waals surface area contributed by atoms with Crippen LogP contribution in [0.15, 0.2) is 48.8 Å². The highest BCUT2D eigenvalue weighted by molar-refractivity contribution is 9.09. The third-order valence-corrected chi connectivity index (χ3v) is 5.29. The molecule has 0 saturated carbocycles. The van der Waals surface area contributed by atoms with E-state index in [1.165, 1.54) is 5.56 Å². The molecule has 0 aliphatic carbocycles. The van der Waals surface area contributed by atoms with Gasteiger partial charge in [-0.1, -0.05) is 33.6 Å². The summed E-state index contributed by atoms with van der Waals surface area (Å²) in [6.45, 7) is 3.29. The van der Waals surface area contributed by atoms with Crippen LogP contribution >= 0.6 is 15.9 Å². The molecule has 0 unspecified atom stereocenters. The van der Waals surface area contributed by atoms with Crippen molar-refractivity contribution in [2.45, 2.75) is 32.9 Å². The van der Waals surface area contributed by atoms with E-state index in [2.05, 4.69) is 51.7 Å². The van der Waals surface area contributed by atoms with Crippen molar-refractivity contribution in [2.75, 3.05) is 5.33 Å². The molecule has 1 aromatic carbocycles. The van der Waals surface area contributed by atoms with Crippen molar-refractivity contribution >= 4 is 21.8 Å². The second kappa shape index (κ2) is 7.11. The predicted molar refractivity (Wildman–Crippen MR) is 105 cm³/mol. The maximum Gasteiger partial charge on any atom is 0.223 e. The van der Waals surface area contributed by atoms with Crippen LogP contribution in [0, 0.1) is 6.92 Å². The summed E-state index contributed by atoms with van der Waals surface area (Å²) in [6.07, 6.45) is 5.49. The number of hydrogen-bond donors (Lipinski definition) is 0. The number of nitrogens with zero attached hydrogens (tertiary/aromatic N) is 4. The molecule has 6 heteroatoms. The van der Waals surface area contributed by atoms with Gasteiger partial charge in [0, 0.05) is 29.7 Å². The fourth-order valence-corrected chi connectivity index (χ4v) is 3.64. The largest absolute Gasteiger partial charge is 0.332 e. The highest BCUT2D eigenvalue weighted by Crippen LogP contribution is 2.31. The number of carbonyl (C=O) groups is 1. The van der Waals surface area contributed by atoms with E-state index in [1.54, 1.807) is 0 Å². The molecule has 0 fully saturated rings. The number of halogens is 1. The lowest BCUT2D eigenvalue weighted by Crippen LogP contribution is -2.26. The average Bonchev–Trinajstić information content (AvgIpc) is 3.35. The Morgan fingerprint density at radius 1 is 1.15 bits per heavy atom. The number of hydrogen-bond acceptors (Lipinski definition) is 2. The lowest BCUT2D eigenvalue weighted by atomic mass is 10.2. The SMILES string of the molecule is Cc1ccc(-n2nc3c(c2-n2cccc2)CN(C(=O)CCCBr)C3)cc1. The molecule has 0 N–H and O–H groups in total. The van der Waals surface area contributed by atoms with Gasteiger partial charge in [0.1, 0.15) is 5.82 Å². The molecule has 4 rings (SSSR count). The molecule has 3 heterocycles. The van der Waals surface area contributed by atoms with E-state index in [4.69, 9.17) is 5.10 Å². The molecule has 1 aliphatic rings. The average molecular weight is 413 g/mol. The first-order valence-corrected chi connectivity index (χ1v) is 9.94. The molecule has 0 bridgehead atoms. The van der Waals surface area contributed by atoms with Crippen LogP contribution in [-0.4, -0.2) is 30.5 Å². The molecule has 5 nitrogen and oxygen atoms in total. The Morgan fingerprint density at radius 2 is 1.88 bits per heavy atom. The number of carbonyl (C=O) groups excluding carboxylic acids is 1. The minimum Gasteiger partial charge on any atom is -0.332 e. The van der Waals surface area contributed by atoms with E-state index >= 15 is 0 Å². The summed E-state index contributed by atoms with van der Waals surface area (Å²) in [6, 6.07) is 12.4. The van der Waals surface area contributed by atoms with E-state index in [1.807, 2.05) is 34.1 Å². The Labute approximate surface area is 161 Å². The minimum atomic E-state index is 0.197. The molecule has 26 heavy (non-hydrogen) atoms. The number of benzene rings is 1. The van der Waals surface area contributed by atoms with Gasteiger partial charge < -0.3 is 9.47 Å². The summed E-state index contributed by atoms with van der Waals surface area (Å²) >= 11 is 3.40. The van der Waals surface area contributed by atoms with Gasteiger partial charge in [-0.2, -0.15) is 5.10 Å². The first-order chi connectivity index (χ1) is 12.7. The number of aromatic nitrogens is 3. The van der Waals surface area contributed by atoms with Crippen LogP contribution in [0.2, 0.25) is 0 Å². The fourth-order valence-electron chi connectivity index (χ4n) is 3.36. The van der Waals surface area contributed by atoms with Gasteiger partial charge in [-0.25, -0.2) is 4.68 Å². The maximum atomic E-state index is 12.4. The van der Waals surface area contributed by atoms with Gasteiger partial charge in [-0.15, -0.1) is 0 Å². The summed E-state index contributed by atoms with van der Waals surface area (Å²) in [4.78, 5) is 14.3. The Bertz CT molecular complexity index is 912. The van der Waals surface area contributed by atoms with Crippen molar-refractivity contribution in [3.8, 4) is 11.5 Å². The highest BCUT2D eigenvalue weighted by atomic mass is 79.9. The topological polar surface area (TPSA) is 43.1 Å². The lowest BCUT2D eigenvalue weighted by Gasteiger charge is -2.17. The van der Waals surface area contributed by atoms with Gasteiger partial charge in [-0.3, -0.25) is 4.79 Å². The molecule has 1 amide bonds. The normalized spacial score (nSPS) is 13.2. The van der Waals surface area contributed by atoms with E-state index in [-0.39, 0.29) is 5.91 Å². The van der Waals surface area contributed by atoms with Crippen LogP contribution < -0.4 is 0 Å². The van der Waals surface area contributed by atoms with Gasteiger partial charge in [-0.05, 0) is 37.6 Å². The van der Waals surface area contributed by atoms with E-state index < -0.39 is 0 Å². The number of fused-ring (bicyclic) bond motifs is 1. The van der Waals surface area contributed by atoms with Gasteiger partial charge in [0.15, 0.2) is 0 Å². The minimum absolute atomic E-state index is 0.197. The summed E-state index contributed by atoms with van der Waals surface area (Å²) in [5.74, 6) is 1.22. The molecular weight excluding hydrogens is 392 g/mol. The van der Waals surface area contributed by atoms with Crippen LogP contribution in [0.4, 0.5) is 0 Å². The van der Waals surface area contributed by atoms with Crippen molar-refractivity contribution in [3.05, 3.63) is 65.6 Å². The van der Waals surface area contributed by atoms with E-state index in [0.717, 1.165) is 34.5 Å². The summed E-state index contributed by atoms with van der Waals surface area (Å²) < 4.78 is 4.07. The molecule has 1 aliphatic heterocycles. The first-order valence-electron chi connectivity index (χ1n) is 8.82. The molecule has 0 atom stereocenters. The smallest absolute Gasteiger partial charge is 0.223 e. The van der Waals surface area contributed by atoms with Crippen LogP contribution in [0.3, 0.4) is 0 Å². The Morgan fingerprint density at radius 3 is 2.58 bits per heavy atom.